The second-order valence-corrected chi connectivity index (χ2v) is 9.09. The Morgan fingerprint density at radius 3 is 2.65 bits per heavy atom. The van der Waals surface area contributed by atoms with Gasteiger partial charge in [-0.1, -0.05) is 56.1 Å². The Morgan fingerprint density at radius 2 is 1.96 bits per heavy atom. The molecule has 4 atom stereocenters. The van der Waals surface area contributed by atoms with E-state index in [1.807, 2.05) is 18.2 Å². The van der Waals surface area contributed by atoms with Gasteiger partial charge in [0.25, 0.3) is 0 Å². The van der Waals surface area contributed by atoms with Gasteiger partial charge in [0, 0.05) is 17.7 Å². The molecule has 6 heteroatoms. The average molecular weight is 391 g/mol. The lowest BCUT2D eigenvalue weighted by molar-refractivity contribution is -0.105. The maximum Gasteiger partial charge on any atom is 0.222 e. The SMILES string of the molecule is CC1C(Nc2cc(-c3cccc(Cl)c3Cl)nc(N)n2)CC2CC1C2(C)C. The highest BCUT2D eigenvalue weighted by molar-refractivity contribution is 6.43. The van der Waals surface area contributed by atoms with E-state index in [-0.39, 0.29) is 5.95 Å². The van der Waals surface area contributed by atoms with Crippen LogP contribution in [0.3, 0.4) is 0 Å². The van der Waals surface area contributed by atoms with Crippen molar-refractivity contribution in [3.63, 3.8) is 0 Å². The fraction of sp³-hybridized carbons (Fsp3) is 0.500. The first kappa shape index (κ1) is 17.9. The maximum absolute atomic E-state index is 6.35. The highest BCUT2D eigenvalue weighted by Gasteiger charge is 2.56. The molecule has 4 nitrogen and oxygen atoms in total. The summed E-state index contributed by atoms with van der Waals surface area (Å²) in [7, 11) is 0. The van der Waals surface area contributed by atoms with Crippen molar-refractivity contribution in [3.8, 4) is 11.3 Å². The normalized spacial score (nSPS) is 29.1. The Labute approximate surface area is 164 Å². The third kappa shape index (κ3) is 2.84. The van der Waals surface area contributed by atoms with Gasteiger partial charge in [0.2, 0.25) is 5.95 Å². The fourth-order valence-corrected chi connectivity index (χ4v) is 5.31. The lowest BCUT2D eigenvalue weighted by Crippen LogP contribution is -2.58. The van der Waals surface area contributed by atoms with Crippen LogP contribution in [0.2, 0.25) is 10.0 Å². The van der Waals surface area contributed by atoms with Crippen LogP contribution >= 0.6 is 23.2 Å². The number of halogens is 2. The molecule has 0 radical (unpaired) electrons. The van der Waals surface area contributed by atoms with Crippen molar-refractivity contribution in [3.05, 3.63) is 34.3 Å². The first-order valence-electron chi connectivity index (χ1n) is 9.13. The third-order valence-electron chi connectivity index (χ3n) is 6.66. The van der Waals surface area contributed by atoms with Crippen molar-refractivity contribution in [1.82, 2.24) is 9.97 Å². The Hall–Kier alpha value is -1.52. The Morgan fingerprint density at radius 1 is 1.19 bits per heavy atom. The highest BCUT2D eigenvalue weighted by atomic mass is 35.5. The summed E-state index contributed by atoms with van der Waals surface area (Å²) in [5, 5.41) is 4.59. The van der Waals surface area contributed by atoms with Crippen LogP contribution in [-0.4, -0.2) is 16.0 Å². The van der Waals surface area contributed by atoms with Gasteiger partial charge in [-0.05, 0) is 42.1 Å². The molecule has 1 aromatic carbocycles. The molecule has 3 aliphatic carbocycles. The minimum atomic E-state index is 0.231. The van der Waals surface area contributed by atoms with Crippen molar-refractivity contribution in [2.75, 3.05) is 11.1 Å². The molecule has 4 unspecified atom stereocenters. The minimum absolute atomic E-state index is 0.231. The largest absolute Gasteiger partial charge is 0.368 e. The topological polar surface area (TPSA) is 63.8 Å². The number of rotatable bonds is 3. The molecule has 2 aromatic rings. The summed E-state index contributed by atoms with van der Waals surface area (Å²) < 4.78 is 0. The Bertz CT molecular complexity index is 852. The van der Waals surface area contributed by atoms with Gasteiger partial charge in [0.15, 0.2) is 0 Å². The summed E-state index contributed by atoms with van der Waals surface area (Å²) in [6.45, 7) is 7.15. The molecular formula is C20H24Cl2N4. The Balaban J connectivity index is 1.61. The summed E-state index contributed by atoms with van der Waals surface area (Å²) in [6.07, 6.45) is 2.52. The van der Waals surface area contributed by atoms with Crippen molar-refractivity contribution in [1.29, 1.82) is 0 Å². The van der Waals surface area contributed by atoms with Gasteiger partial charge in [0.05, 0.1) is 15.7 Å². The van der Waals surface area contributed by atoms with E-state index in [2.05, 4.69) is 36.1 Å². The molecule has 0 saturated heterocycles. The van der Waals surface area contributed by atoms with Crippen LogP contribution in [-0.2, 0) is 0 Å². The van der Waals surface area contributed by atoms with Crippen LogP contribution in [0, 0.1) is 23.2 Å². The molecule has 2 bridgehead atoms. The van der Waals surface area contributed by atoms with Crippen molar-refractivity contribution >= 4 is 35.0 Å². The lowest BCUT2D eigenvalue weighted by Gasteiger charge is -2.62. The van der Waals surface area contributed by atoms with Gasteiger partial charge in [0.1, 0.15) is 5.82 Å². The predicted octanol–water partition coefficient (Wildman–Crippen LogP) is 5.52. The highest BCUT2D eigenvalue weighted by Crippen LogP contribution is 2.61. The molecule has 138 valence electrons. The van der Waals surface area contributed by atoms with Crippen LogP contribution in [0.1, 0.15) is 33.6 Å². The van der Waals surface area contributed by atoms with Gasteiger partial charge in [-0.15, -0.1) is 0 Å². The second-order valence-electron chi connectivity index (χ2n) is 8.30. The van der Waals surface area contributed by atoms with Crippen LogP contribution in [0.4, 0.5) is 11.8 Å². The Kier molecular flexibility index (Phi) is 4.31. The van der Waals surface area contributed by atoms with E-state index in [1.54, 1.807) is 6.07 Å². The first-order valence-corrected chi connectivity index (χ1v) is 9.88. The number of hydrogen-bond acceptors (Lipinski definition) is 4. The van der Waals surface area contributed by atoms with Crippen molar-refractivity contribution in [2.45, 2.75) is 39.7 Å². The van der Waals surface area contributed by atoms with E-state index in [1.165, 1.54) is 12.8 Å². The first-order chi connectivity index (χ1) is 12.3. The summed E-state index contributed by atoms with van der Waals surface area (Å²) in [5.74, 6) is 3.13. The number of aromatic nitrogens is 2. The third-order valence-corrected chi connectivity index (χ3v) is 7.48. The number of hydrogen-bond donors (Lipinski definition) is 2. The van der Waals surface area contributed by atoms with E-state index in [9.17, 15) is 0 Å². The molecule has 0 aliphatic heterocycles. The summed E-state index contributed by atoms with van der Waals surface area (Å²) in [6, 6.07) is 7.82. The number of nitrogens with zero attached hydrogens (tertiary/aromatic N) is 2. The zero-order chi connectivity index (χ0) is 18.6. The molecule has 0 amide bonds. The molecule has 26 heavy (non-hydrogen) atoms. The van der Waals surface area contributed by atoms with Gasteiger partial charge in [-0.2, -0.15) is 4.98 Å². The van der Waals surface area contributed by atoms with Gasteiger partial charge >= 0.3 is 0 Å². The molecule has 0 spiro atoms. The molecule has 3 saturated carbocycles. The van der Waals surface area contributed by atoms with E-state index in [0.29, 0.717) is 33.1 Å². The lowest BCUT2D eigenvalue weighted by atomic mass is 9.45. The molecule has 3 N–H and O–H groups in total. The van der Waals surface area contributed by atoms with Gasteiger partial charge in [-0.25, -0.2) is 4.98 Å². The molecule has 1 heterocycles. The number of nitrogens with two attached hydrogens (primary N) is 1. The summed E-state index contributed by atoms with van der Waals surface area (Å²) in [4.78, 5) is 8.74. The summed E-state index contributed by atoms with van der Waals surface area (Å²) in [5.41, 5.74) is 7.87. The van der Waals surface area contributed by atoms with Gasteiger partial charge < -0.3 is 11.1 Å². The van der Waals surface area contributed by atoms with E-state index in [4.69, 9.17) is 28.9 Å². The van der Waals surface area contributed by atoms with E-state index in [0.717, 1.165) is 23.2 Å². The fourth-order valence-electron chi connectivity index (χ4n) is 4.91. The smallest absolute Gasteiger partial charge is 0.222 e. The molecule has 3 fully saturated rings. The quantitative estimate of drug-likeness (QED) is 0.724. The number of anilines is 2. The van der Waals surface area contributed by atoms with E-state index >= 15 is 0 Å². The minimum Gasteiger partial charge on any atom is -0.368 e. The zero-order valence-electron chi connectivity index (χ0n) is 15.3. The molecule has 3 aliphatic rings. The monoisotopic (exact) mass is 390 g/mol. The predicted molar refractivity (Wildman–Crippen MR) is 108 cm³/mol. The molecule has 1 aromatic heterocycles. The molecule has 5 rings (SSSR count). The zero-order valence-corrected chi connectivity index (χ0v) is 16.8. The van der Waals surface area contributed by atoms with Crippen molar-refractivity contribution < 1.29 is 0 Å². The van der Waals surface area contributed by atoms with Crippen LogP contribution in [0.25, 0.3) is 11.3 Å². The number of fused-ring (bicyclic) bond motifs is 2. The van der Waals surface area contributed by atoms with Crippen LogP contribution < -0.4 is 11.1 Å². The van der Waals surface area contributed by atoms with E-state index < -0.39 is 0 Å². The van der Waals surface area contributed by atoms with Gasteiger partial charge in [-0.3, -0.25) is 0 Å². The maximum atomic E-state index is 6.35. The molecular weight excluding hydrogens is 367 g/mol. The second kappa shape index (κ2) is 6.28. The van der Waals surface area contributed by atoms with Crippen LogP contribution in [0.5, 0.6) is 0 Å². The van der Waals surface area contributed by atoms with Crippen LogP contribution in [0.15, 0.2) is 24.3 Å². The van der Waals surface area contributed by atoms with Crippen molar-refractivity contribution in [2.24, 2.45) is 23.2 Å². The standard InChI is InChI=1S/C20H24Cl2N4/c1-10-13-7-11(20(13,2)3)8-15(10)24-17-9-16(25-19(23)26-17)12-5-4-6-14(21)18(12)22/h4-6,9-11,13,15H,7-8H2,1-3H3,(H3,23,24,25,26). The number of nitrogens with one attached hydrogen (secondary N) is 1. The average Bonchev–Trinajstić information content (AvgIpc) is 2.58. The number of nitrogen functional groups attached to an aromatic ring is 1. The number of benzene rings is 1. The summed E-state index contributed by atoms with van der Waals surface area (Å²) >= 11 is 12.5.